The molecule has 3 atom stereocenters. The van der Waals surface area contributed by atoms with Gasteiger partial charge in [0, 0.05) is 5.92 Å². The van der Waals surface area contributed by atoms with Crippen molar-refractivity contribution < 1.29 is 14.3 Å². The van der Waals surface area contributed by atoms with Crippen molar-refractivity contribution in [2.75, 3.05) is 12.0 Å². The van der Waals surface area contributed by atoms with Crippen LogP contribution in [-0.4, -0.2) is 25.0 Å². The second-order valence-corrected chi connectivity index (χ2v) is 6.64. The predicted octanol–water partition coefficient (Wildman–Crippen LogP) is 2.76. The summed E-state index contributed by atoms with van der Waals surface area (Å²) in [4.78, 5) is 26.9. The molecule has 1 aliphatic carbocycles. The summed E-state index contributed by atoms with van der Waals surface area (Å²) in [6.45, 7) is 0. The number of carbonyl (C=O) groups is 2. The van der Waals surface area contributed by atoms with E-state index in [-0.39, 0.29) is 23.8 Å². The van der Waals surface area contributed by atoms with Gasteiger partial charge in [0.15, 0.2) is 0 Å². The molecule has 1 aromatic heterocycles. The fourth-order valence-corrected chi connectivity index (χ4v) is 4.46. The molecule has 0 spiro atoms. The molecule has 0 saturated heterocycles. The number of thiophene rings is 1. The van der Waals surface area contributed by atoms with E-state index in [2.05, 4.69) is 0 Å². The van der Waals surface area contributed by atoms with Crippen LogP contribution in [0.25, 0.3) is 0 Å². The van der Waals surface area contributed by atoms with Gasteiger partial charge >= 0.3 is 5.97 Å². The van der Waals surface area contributed by atoms with Crippen LogP contribution < -0.4 is 4.90 Å². The number of methoxy groups -OCH3 is 1. The fraction of sp³-hybridized carbons (Fsp3) is 0.222. The average molecular weight is 325 g/mol. The first kappa shape index (κ1) is 14.2. The van der Waals surface area contributed by atoms with Gasteiger partial charge in [-0.1, -0.05) is 36.4 Å². The third-order valence-electron chi connectivity index (χ3n) is 4.70. The van der Waals surface area contributed by atoms with Gasteiger partial charge in [0.05, 0.1) is 18.2 Å². The Morgan fingerprint density at radius 3 is 2.65 bits per heavy atom. The summed E-state index contributed by atoms with van der Waals surface area (Å²) < 4.78 is 5.12. The maximum Gasteiger partial charge on any atom is 0.319 e. The molecule has 23 heavy (non-hydrogen) atoms. The Balaban J connectivity index is 1.86. The molecule has 0 N–H and O–H groups in total. The van der Waals surface area contributed by atoms with E-state index in [4.69, 9.17) is 4.74 Å². The number of esters is 1. The monoisotopic (exact) mass is 325 g/mol. The number of carbonyl (C=O) groups excluding carboxylic acids is 2. The largest absolute Gasteiger partial charge is 0.468 e. The Hall–Kier alpha value is -2.40. The summed E-state index contributed by atoms with van der Waals surface area (Å²) in [7, 11) is 1.40. The molecule has 4 rings (SSSR count). The second kappa shape index (κ2) is 5.06. The lowest BCUT2D eigenvalue weighted by atomic mass is 9.92. The van der Waals surface area contributed by atoms with Gasteiger partial charge in [-0.25, -0.2) is 0 Å². The normalized spacial score (nSPS) is 28.4. The third kappa shape index (κ3) is 1.83. The average Bonchev–Trinajstić information content (AvgIpc) is 2.96. The van der Waals surface area contributed by atoms with Crippen LogP contribution in [0.4, 0.5) is 5.00 Å². The lowest BCUT2D eigenvalue weighted by Crippen LogP contribution is -2.39. The Morgan fingerprint density at radius 2 is 2.00 bits per heavy atom. The number of hydrogen-bond donors (Lipinski definition) is 0. The zero-order valence-corrected chi connectivity index (χ0v) is 13.3. The minimum absolute atomic E-state index is 0.0582. The van der Waals surface area contributed by atoms with Crippen LogP contribution in [0.2, 0.25) is 0 Å². The van der Waals surface area contributed by atoms with E-state index in [0.717, 1.165) is 10.6 Å². The van der Waals surface area contributed by atoms with E-state index in [1.165, 1.54) is 18.4 Å². The minimum Gasteiger partial charge on any atom is -0.468 e. The van der Waals surface area contributed by atoms with Crippen LogP contribution >= 0.6 is 11.3 Å². The quantitative estimate of drug-likeness (QED) is 0.815. The Morgan fingerprint density at radius 1 is 1.22 bits per heavy atom. The number of amides is 1. The Labute approximate surface area is 138 Å². The molecule has 5 heteroatoms. The molecule has 0 bridgehead atoms. The van der Waals surface area contributed by atoms with Crippen molar-refractivity contribution >= 4 is 28.2 Å². The van der Waals surface area contributed by atoms with Crippen LogP contribution in [0.3, 0.4) is 0 Å². The molecule has 116 valence electrons. The fourth-order valence-electron chi connectivity index (χ4n) is 3.69. The second-order valence-electron chi connectivity index (χ2n) is 5.72. The summed E-state index contributed by atoms with van der Waals surface area (Å²) in [6, 6.07) is 13.2. The van der Waals surface area contributed by atoms with Crippen LogP contribution in [0.15, 0.2) is 60.0 Å². The molecular weight excluding hydrogens is 310 g/mol. The van der Waals surface area contributed by atoms with E-state index < -0.39 is 5.41 Å². The van der Waals surface area contributed by atoms with Crippen LogP contribution in [-0.2, 0) is 19.7 Å². The molecule has 1 amide bonds. The first-order valence-corrected chi connectivity index (χ1v) is 8.28. The number of rotatable bonds is 3. The number of benzene rings is 1. The third-order valence-corrected chi connectivity index (χ3v) is 5.57. The SMILES string of the molecule is COC(=O)C1(c2ccccc2)C2C=CC(=O)N(c3cccs3)C21. The predicted molar refractivity (Wildman–Crippen MR) is 88.4 cm³/mol. The topological polar surface area (TPSA) is 46.6 Å². The molecule has 1 fully saturated rings. The summed E-state index contributed by atoms with van der Waals surface area (Å²) in [5.74, 6) is -0.438. The highest BCUT2D eigenvalue weighted by Crippen LogP contribution is 2.61. The summed E-state index contributed by atoms with van der Waals surface area (Å²) in [5.41, 5.74) is 0.0746. The van der Waals surface area contributed by atoms with Crippen molar-refractivity contribution in [1.82, 2.24) is 0 Å². The van der Waals surface area contributed by atoms with Gasteiger partial charge in [0.2, 0.25) is 0 Å². The molecule has 2 aromatic rings. The van der Waals surface area contributed by atoms with Crippen molar-refractivity contribution in [3.63, 3.8) is 0 Å². The maximum atomic E-state index is 12.7. The standard InChI is InChI=1S/C18H15NO3S/c1-22-17(21)18(12-6-3-2-4-7-12)13-9-10-14(20)19(16(13)18)15-8-5-11-23-15/h2-11,13,16H,1H3. The molecule has 1 aromatic carbocycles. The molecule has 3 unspecified atom stereocenters. The first-order valence-electron chi connectivity index (χ1n) is 7.40. The van der Waals surface area contributed by atoms with E-state index in [0.29, 0.717) is 0 Å². The lowest BCUT2D eigenvalue weighted by molar-refractivity contribution is -0.144. The number of ether oxygens (including phenoxy) is 1. The van der Waals surface area contributed by atoms with E-state index in [1.54, 1.807) is 11.0 Å². The highest BCUT2D eigenvalue weighted by molar-refractivity contribution is 7.14. The van der Waals surface area contributed by atoms with Gasteiger partial charge in [0.25, 0.3) is 5.91 Å². The zero-order chi connectivity index (χ0) is 16.0. The molecular formula is C18H15NO3S. The summed E-state index contributed by atoms with van der Waals surface area (Å²) >= 11 is 1.50. The number of anilines is 1. The molecule has 2 heterocycles. The van der Waals surface area contributed by atoms with E-state index >= 15 is 0 Å². The molecule has 2 aliphatic rings. The van der Waals surface area contributed by atoms with Gasteiger partial charge in [0.1, 0.15) is 5.41 Å². The van der Waals surface area contributed by atoms with E-state index in [1.807, 2.05) is 53.9 Å². The molecule has 1 saturated carbocycles. The van der Waals surface area contributed by atoms with Gasteiger partial charge < -0.3 is 4.74 Å². The van der Waals surface area contributed by atoms with Crippen molar-refractivity contribution in [2.45, 2.75) is 11.5 Å². The summed E-state index contributed by atoms with van der Waals surface area (Å²) in [6.07, 6.45) is 3.41. The van der Waals surface area contributed by atoms with Crippen molar-refractivity contribution in [3.05, 3.63) is 65.6 Å². The highest BCUT2D eigenvalue weighted by atomic mass is 32.1. The van der Waals surface area contributed by atoms with Gasteiger partial charge in [-0.05, 0) is 29.2 Å². The molecule has 1 aliphatic heterocycles. The van der Waals surface area contributed by atoms with E-state index in [9.17, 15) is 9.59 Å². The number of fused-ring (bicyclic) bond motifs is 1. The van der Waals surface area contributed by atoms with Gasteiger partial charge in [-0.2, -0.15) is 0 Å². The number of hydrogen-bond acceptors (Lipinski definition) is 4. The minimum atomic E-state index is -0.817. The molecule has 4 nitrogen and oxygen atoms in total. The Kier molecular flexibility index (Phi) is 3.13. The van der Waals surface area contributed by atoms with Gasteiger partial charge in [-0.3, -0.25) is 14.5 Å². The van der Waals surface area contributed by atoms with Crippen molar-refractivity contribution in [1.29, 1.82) is 0 Å². The van der Waals surface area contributed by atoms with Crippen molar-refractivity contribution in [3.8, 4) is 0 Å². The van der Waals surface area contributed by atoms with Crippen molar-refractivity contribution in [2.24, 2.45) is 5.92 Å². The zero-order valence-electron chi connectivity index (χ0n) is 12.5. The van der Waals surface area contributed by atoms with Crippen LogP contribution in [0.1, 0.15) is 5.56 Å². The lowest BCUT2D eigenvalue weighted by Gasteiger charge is -2.24. The maximum absolute atomic E-state index is 12.7. The van der Waals surface area contributed by atoms with Crippen LogP contribution in [0.5, 0.6) is 0 Å². The highest BCUT2D eigenvalue weighted by Gasteiger charge is 2.74. The van der Waals surface area contributed by atoms with Crippen LogP contribution in [0, 0.1) is 5.92 Å². The molecule has 0 radical (unpaired) electrons. The Bertz CT molecular complexity index is 784. The smallest absolute Gasteiger partial charge is 0.319 e. The van der Waals surface area contributed by atoms with Gasteiger partial charge in [-0.15, -0.1) is 11.3 Å². The first-order chi connectivity index (χ1) is 11.2. The number of nitrogens with zero attached hydrogens (tertiary/aromatic N) is 1. The summed E-state index contributed by atoms with van der Waals surface area (Å²) in [5, 5.41) is 2.79.